The number of para-hydroxylation sites is 1. The quantitative estimate of drug-likeness (QED) is 0.852. The van der Waals surface area contributed by atoms with E-state index in [9.17, 15) is 4.79 Å². The molecule has 0 N–H and O–H groups in total. The highest BCUT2D eigenvalue weighted by Gasteiger charge is 2.24. The van der Waals surface area contributed by atoms with Crippen molar-refractivity contribution in [3.05, 3.63) is 30.0 Å². The van der Waals surface area contributed by atoms with E-state index >= 15 is 0 Å². The van der Waals surface area contributed by atoms with Gasteiger partial charge in [0.15, 0.2) is 11.5 Å². The number of nitriles is 1. The van der Waals surface area contributed by atoms with Crippen LogP contribution in [0.25, 0.3) is 11.0 Å². The number of nitrogens with zero attached hydrogens (tertiary/aromatic N) is 1. The molecule has 2 aromatic rings. The predicted molar refractivity (Wildman–Crippen MR) is 73.4 cm³/mol. The van der Waals surface area contributed by atoms with Gasteiger partial charge in [0.1, 0.15) is 18.3 Å². The van der Waals surface area contributed by atoms with Gasteiger partial charge in [0, 0.05) is 5.92 Å². The van der Waals surface area contributed by atoms with Gasteiger partial charge in [-0.3, -0.25) is 4.79 Å². The summed E-state index contributed by atoms with van der Waals surface area (Å²) in [5.74, 6) is 0.759. The molecule has 3 rings (SSSR count). The molecule has 0 aliphatic heterocycles. The summed E-state index contributed by atoms with van der Waals surface area (Å²) in [6, 6.07) is 9.27. The molecule has 1 aliphatic carbocycles. The van der Waals surface area contributed by atoms with Crippen LogP contribution in [-0.4, -0.2) is 12.4 Å². The van der Waals surface area contributed by atoms with Gasteiger partial charge >= 0.3 is 0 Å². The van der Waals surface area contributed by atoms with Crippen LogP contribution in [0.1, 0.15) is 31.4 Å². The maximum Gasteiger partial charge on any atom is 0.246 e. The SMILES string of the molecule is N#Cc1oc2ccccc2c1OCC(=O)C1CCCC1. The van der Waals surface area contributed by atoms with Gasteiger partial charge in [0.25, 0.3) is 0 Å². The Hall–Kier alpha value is -2.28. The Balaban J connectivity index is 1.80. The number of hydrogen-bond acceptors (Lipinski definition) is 4. The highest BCUT2D eigenvalue weighted by Crippen LogP contribution is 2.33. The maximum atomic E-state index is 12.0. The van der Waals surface area contributed by atoms with E-state index < -0.39 is 0 Å². The third kappa shape index (κ3) is 2.27. The van der Waals surface area contributed by atoms with Crippen LogP contribution in [0.2, 0.25) is 0 Å². The summed E-state index contributed by atoms with van der Waals surface area (Å²) in [6.45, 7) is 0.0167. The first kappa shape index (κ1) is 12.7. The number of Topliss-reactive ketones (excluding diaryl/α,β-unsaturated/α-hetero) is 1. The summed E-state index contributed by atoms with van der Waals surface area (Å²) in [5.41, 5.74) is 0.604. The first-order valence-corrected chi connectivity index (χ1v) is 6.86. The summed E-state index contributed by atoms with van der Waals surface area (Å²) in [6.07, 6.45) is 4.15. The highest BCUT2D eigenvalue weighted by molar-refractivity contribution is 5.88. The molecule has 0 saturated heterocycles. The standard InChI is InChI=1S/C16H15NO3/c17-9-15-16(12-7-3-4-8-14(12)20-15)19-10-13(18)11-5-1-2-6-11/h3-4,7-8,11H,1-2,5-6,10H2. The minimum absolute atomic E-state index is 0.0167. The largest absolute Gasteiger partial charge is 0.480 e. The van der Waals surface area contributed by atoms with E-state index in [1.807, 2.05) is 24.3 Å². The molecule has 1 fully saturated rings. The Morgan fingerprint density at radius 3 is 2.85 bits per heavy atom. The van der Waals surface area contributed by atoms with E-state index in [2.05, 4.69) is 0 Å². The summed E-state index contributed by atoms with van der Waals surface area (Å²) >= 11 is 0. The molecule has 102 valence electrons. The van der Waals surface area contributed by atoms with Crippen molar-refractivity contribution >= 4 is 16.8 Å². The average molecular weight is 269 g/mol. The zero-order chi connectivity index (χ0) is 13.9. The molecule has 1 aromatic carbocycles. The second kappa shape index (κ2) is 5.38. The summed E-state index contributed by atoms with van der Waals surface area (Å²) < 4.78 is 11.0. The minimum Gasteiger partial charge on any atom is -0.480 e. The summed E-state index contributed by atoms with van der Waals surface area (Å²) in [4.78, 5) is 12.0. The van der Waals surface area contributed by atoms with Crippen LogP contribution in [0, 0.1) is 17.2 Å². The Kier molecular flexibility index (Phi) is 3.42. The zero-order valence-electron chi connectivity index (χ0n) is 11.1. The van der Waals surface area contributed by atoms with E-state index in [-0.39, 0.29) is 24.1 Å². The number of benzene rings is 1. The first-order chi connectivity index (χ1) is 9.79. The normalized spacial score (nSPS) is 15.3. The van der Waals surface area contributed by atoms with Crippen LogP contribution in [0.15, 0.2) is 28.7 Å². The molecule has 0 bridgehead atoms. The fourth-order valence-corrected chi connectivity index (χ4v) is 2.75. The maximum absolute atomic E-state index is 12.0. The van der Waals surface area contributed by atoms with Gasteiger partial charge in [-0.15, -0.1) is 0 Å². The van der Waals surface area contributed by atoms with Crippen molar-refractivity contribution in [3.63, 3.8) is 0 Å². The van der Waals surface area contributed by atoms with Gasteiger partial charge in [-0.05, 0) is 25.0 Å². The molecule has 1 saturated carbocycles. The molecule has 0 unspecified atom stereocenters. The molecule has 0 spiro atoms. The molecule has 1 heterocycles. The van der Waals surface area contributed by atoms with E-state index in [4.69, 9.17) is 14.4 Å². The number of carbonyl (C=O) groups is 1. The second-order valence-corrected chi connectivity index (χ2v) is 5.10. The molecule has 4 nitrogen and oxygen atoms in total. The van der Waals surface area contributed by atoms with Crippen LogP contribution in [0.3, 0.4) is 0 Å². The zero-order valence-corrected chi connectivity index (χ0v) is 11.1. The van der Waals surface area contributed by atoms with E-state index in [0.29, 0.717) is 11.3 Å². The number of ether oxygens (including phenoxy) is 1. The van der Waals surface area contributed by atoms with E-state index in [1.165, 1.54) is 0 Å². The van der Waals surface area contributed by atoms with Gasteiger partial charge in [0.2, 0.25) is 5.76 Å². The van der Waals surface area contributed by atoms with Gasteiger partial charge in [-0.1, -0.05) is 25.0 Å². The smallest absolute Gasteiger partial charge is 0.246 e. The average Bonchev–Trinajstić information content (AvgIpc) is 3.12. The lowest BCUT2D eigenvalue weighted by Gasteiger charge is -2.08. The van der Waals surface area contributed by atoms with Gasteiger partial charge in [-0.25, -0.2) is 0 Å². The molecule has 0 radical (unpaired) electrons. The molecular formula is C16H15NO3. The third-order valence-electron chi connectivity index (χ3n) is 3.82. The fraction of sp³-hybridized carbons (Fsp3) is 0.375. The van der Waals surface area contributed by atoms with Crippen molar-refractivity contribution in [2.75, 3.05) is 6.61 Å². The molecule has 20 heavy (non-hydrogen) atoms. The Morgan fingerprint density at radius 2 is 2.10 bits per heavy atom. The van der Waals surface area contributed by atoms with Crippen molar-refractivity contribution in [2.24, 2.45) is 5.92 Å². The van der Waals surface area contributed by atoms with Gasteiger partial charge in [-0.2, -0.15) is 5.26 Å². The van der Waals surface area contributed by atoms with Gasteiger partial charge in [0.05, 0.1) is 5.39 Å². The molecule has 1 aliphatic rings. The van der Waals surface area contributed by atoms with Crippen molar-refractivity contribution in [3.8, 4) is 11.8 Å². The highest BCUT2D eigenvalue weighted by atomic mass is 16.5. The van der Waals surface area contributed by atoms with Gasteiger partial charge < -0.3 is 9.15 Å². The number of rotatable bonds is 4. The van der Waals surface area contributed by atoms with Crippen molar-refractivity contribution in [2.45, 2.75) is 25.7 Å². The van der Waals surface area contributed by atoms with E-state index in [0.717, 1.165) is 31.1 Å². The van der Waals surface area contributed by atoms with Crippen LogP contribution in [-0.2, 0) is 4.79 Å². The molecule has 4 heteroatoms. The lowest BCUT2D eigenvalue weighted by atomic mass is 10.0. The predicted octanol–water partition coefficient (Wildman–Crippen LogP) is 3.44. The molecule has 0 atom stereocenters. The lowest BCUT2D eigenvalue weighted by Crippen LogP contribution is -2.19. The first-order valence-electron chi connectivity index (χ1n) is 6.86. The number of ketones is 1. The second-order valence-electron chi connectivity index (χ2n) is 5.10. The number of carbonyl (C=O) groups excluding carboxylic acids is 1. The van der Waals surface area contributed by atoms with Crippen LogP contribution in [0.4, 0.5) is 0 Å². The molecule has 1 aromatic heterocycles. The third-order valence-corrected chi connectivity index (χ3v) is 3.82. The van der Waals surface area contributed by atoms with E-state index in [1.54, 1.807) is 6.07 Å². The Labute approximate surface area is 116 Å². The van der Waals surface area contributed by atoms with Crippen molar-refractivity contribution in [1.82, 2.24) is 0 Å². The van der Waals surface area contributed by atoms with Crippen molar-refractivity contribution < 1.29 is 13.9 Å². The Bertz CT molecular complexity index is 675. The fourth-order valence-electron chi connectivity index (χ4n) is 2.75. The Morgan fingerprint density at radius 1 is 1.35 bits per heavy atom. The van der Waals surface area contributed by atoms with Crippen LogP contribution >= 0.6 is 0 Å². The number of fused-ring (bicyclic) bond motifs is 1. The topological polar surface area (TPSA) is 63.2 Å². The number of hydrogen-bond donors (Lipinski definition) is 0. The van der Waals surface area contributed by atoms with Crippen LogP contribution in [0.5, 0.6) is 5.75 Å². The van der Waals surface area contributed by atoms with Crippen LogP contribution < -0.4 is 4.74 Å². The summed E-state index contributed by atoms with van der Waals surface area (Å²) in [7, 11) is 0. The molecule has 0 amide bonds. The monoisotopic (exact) mass is 269 g/mol. The number of furan rings is 1. The summed E-state index contributed by atoms with van der Waals surface area (Å²) in [5, 5.41) is 9.83. The lowest BCUT2D eigenvalue weighted by molar-refractivity contribution is -0.124. The minimum atomic E-state index is 0.0167. The molecular weight excluding hydrogens is 254 g/mol. The van der Waals surface area contributed by atoms with Crippen molar-refractivity contribution in [1.29, 1.82) is 5.26 Å².